The number of rotatable bonds is 4. The predicted molar refractivity (Wildman–Crippen MR) is 84.2 cm³/mol. The largest absolute Gasteiger partial charge is 0.468 e. The third-order valence-corrected chi connectivity index (χ3v) is 4.73. The molecular formula is C17H24N4O. The highest BCUT2D eigenvalue weighted by Gasteiger charge is 2.20. The molecule has 0 N–H and O–H groups in total. The highest BCUT2D eigenvalue weighted by Crippen LogP contribution is 2.18. The van der Waals surface area contributed by atoms with Gasteiger partial charge in [0.2, 0.25) is 0 Å². The van der Waals surface area contributed by atoms with Crippen molar-refractivity contribution in [1.82, 2.24) is 19.4 Å². The Kier molecular flexibility index (Phi) is 3.99. The average Bonchev–Trinajstić information content (AvgIpc) is 3.17. The molecule has 1 fully saturated rings. The standard InChI is InChI=1S/C17H24N4O/c1-2-6-19(7-3-1)11-15-12-21-9-8-20(14-17(21)18-15)13-16-5-4-10-22-16/h4-5,10,12H,1-3,6-9,11,13-14H2. The summed E-state index contributed by atoms with van der Waals surface area (Å²) in [4.78, 5) is 9.82. The fourth-order valence-electron chi connectivity index (χ4n) is 3.54. The molecule has 5 nitrogen and oxygen atoms in total. The van der Waals surface area contributed by atoms with Crippen LogP contribution in [-0.4, -0.2) is 39.0 Å². The second-order valence-corrected chi connectivity index (χ2v) is 6.47. The van der Waals surface area contributed by atoms with Crippen LogP contribution >= 0.6 is 0 Å². The van der Waals surface area contributed by atoms with Crippen LogP contribution in [0.2, 0.25) is 0 Å². The summed E-state index contributed by atoms with van der Waals surface area (Å²) in [6.45, 7) is 7.36. The lowest BCUT2D eigenvalue weighted by Crippen LogP contribution is -2.33. The van der Waals surface area contributed by atoms with E-state index in [4.69, 9.17) is 9.40 Å². The van der Waals surface area contributed by atoms with Crippen molar-refractivity contribution >= 4 is 0 Å². The Labute approximate surface area is 131 Å². The van der Waals surface area contributed by atoms with Gasteiger partial charge in [0.15, 0.2) is 0 Å². The molecule has 2 aliphatic heterocycles. The van der Waals surface area contributed by atoms with Gasteiger partial charge >= 0.3 is 0 Å². The maximum Gasteiger partial charge on any atom is 0.123 e. The second-order valence-electron chi connectivity index (χ2n) is 6.47. The van der Waals surface area contributed by atoms with Crippen molar-refractivity contribution in [3.63, 3.8) is 0 Å². The van der Waals surface area contributed by atoms with Gasteiger partial charge in [0.1, 0.15) is 11.6 Å². The van der Waals surface area contributed by atoms with Crippen molar-refractivity contribution in [3.05, 3.63) is 41.9 Å². The molecule has 0 bridgehead atoms. The van der Waals surface area contributed by atoms with Gasteiger partial charge in [-0.1, -0.05) is 6.42 Å². The van der Waals surface area contributed by atoms with E-state index in [9.17, 15) is 0 Å². The van der Waals surface area contributed by atoms with Crippen LogP contribution in [0.3, 0.4) is 0 Å². The molecule has 22 heavy (non-hydrogen) atoms. The third-order valence-electron chi connectivity index (χ3n) is 4.73. The number of nitrogens with zero attached hydrogens (tertiary/aromatic N) is 4. The fraction of sp³-hybridized carbons (Fsp3) is 0.588. The molecular weight excluding hydrogens is 276 g/mol. The van der Waals surface area contributed by atoms with Crippen molar-refractivity contribution in [2.75, 3.05) is 19.6 Å². The highest BCUT2D eigenvalue weighted by molar-refractivity contribution is 5.07. The van der Waals surface area contributed by atoms with Crippen LogP contribution in [0.4, 0.5) is 0 Å². The number of hydrogen-bond acceptors (Lipinski definition) is 4. The summed E-state index contributed by atoms with van der Waals surface area (Å²) in [6.07, 6.45) is 8.07. The minimum Gasteiger partial charge on any atom is -0.468 e. The number of hydrogen-bond donors (Lipinski definition) is 0. The van der Waals surface area contributed by atoms with Crippen LogP contribution in [0.5, 0.6) is 0 Å². The van der Waals surface area contributed by atoms with Crippen molar-refractivity contribution in [1.29, 1.82) is 0 Å². The Balaban J connectivity index is 1.39. The topological polar surface area (TPSA) is 37.4 Å². The van der Waals surface area contributed by atoms with Gasteiger partial charge in [0, 0.05) is 25.8 Å². The van der Waals surface area contributed by atoms with E-state index in [1.807, 2.05) is 12.1 Å². The van der Waals surface area contributed by atoms with E-state index in [2.05, 4.69) is 20.6 Å². The molecule has 0 unspecified atom stereocenters. The monoisotopic (exact) mass is 300 g/mol. The first-order chi connectivity index (χ1) is 10.9. The van der Waals surface area contributed by atoms with E-state index >= 15 is 0 Å². The Morgan fingerprint density at radius 3 is 2.73 bits per heavy atom. The molecule has 118 valence electrons. The van der Waals surface area contributed by atoms with E-state index in [-0.39, 0.29) is 0 Å². The number of piperidine rings is 1. The lowest BCUT2D eigenvalue weighted by Gasteiger charge is -2.26. The first kappa shape index (κ1) is 14.0. The second kappa shape index (κ2) is 6.26. The average molecular weight is 300 g/mol. The highest BCUT2D eigenvalue weighted by atomic mass is 16.3. The van der Waals surface area contributed by atoms with Gasteiger partial charge in [-0.05, 0) is 38.1 Å². The smallest absolute Gasteiger partial charge is 0.123 e. The summed E-state index contributed by atoms with van der Waals surface area (Å²) in [5.41, 5.74) is 1.23. The van der Waals surface area contributed by atoms with E-state index in [0.717, 1.165) is 38.5 Å². The summed E-state index contributed by atoms with van der Waals surface area (Å²) >= 11 is 0. The van der Waals surface area contributed by atoms with E-state index in [1.54, 1.807) is 6.26 Å². The Morgan fingerprint density at radius 1 is 1.00 bits per heavy atom. The first-order valence-corrected chi connectivity index (χ1v) is 8.39. The lowest BCUT2D eigenvalue weighted by molar-refractivity contribution is 0.194. The van der Waals surface area contributed by atoms with Crippen LogP contribution in [0.25, 0.3) is 0 Å². The maximum atomic E-state index is 5.45. The number of fused-ring (bicyclic) bond motifs is 1. The van der Waals surface area contributed by atoms with Gasteiger partial charge in [-0.3, -0.25) is 9.80 Å². The van der Waals surface area contributed by atoms with E-state index < -0.39 is 0 Å². The van der Waals surface area contributed by atoms with Crippen LogP contribution in [0.1, 0.15) is 36.5 Å². The van der Waals surface area contributed by atoms with Gasteiger partial charge in [-0.25, -0.2) is 4.98 Å². The first-order valence-electron chi connectivity index (χ1n) is 8.39. The van der Waals surface area contributed by atoms with Crippen molar-refractivity contribution in [3.8, 4) is 0 Å². The Bertz CT molecular complexity index is 598. The van der Waals surface area contributed by atoms with Gasteiger partial charge in [0.25, 0.3) is 0 Å². The van der Waals surface area contributed by atoms with Gasteiger partial charge in [0.05, 0.1) is 25.0 Å². The predicted octanol–water partition coefficient (Wildman–Crippen LogP) is 2.48. The van der Waals surface area contributed by atoms with Gasteiger partial charge < -0.3 is 8.98 Å². The molecule has 0 atom stereocenters. The number of aromatic nitrogens is 2. The molecule has 5 heteroatoms. The summed E-state index contributed by atoms with van der Waals surface area (Å²) in [6, 6.07) is 4.00. The minimum atomic E-state index is 0.876. The zero-order valence-electron chi connectivity index (χ0n) is 13.1. The summed E-state index contributed by atoms with van der Waals surface area (Å²) in [5.74, 6) is 2.23. The molecule has 2 aromatic rings. The van der Waals surface area contributed by atoms with Gasteiger partial charge in [-0.2, -0.15) is 0 Å². The van der Waals surface area contributed by atoms with Crippen molar-refractivity contribution < 1.29 is 4.42 Å². The zero-order chi connectivity index (χ0) is 14.8. The Morgan fingerprint density at radius 2 is 1.91 bits per heavy atom. The summed E-state index contributed by atoms with van der Waals surface area (Å²) < 4.78 is 7.79. The number of furan rings is 1. The zero-order valence-corrected chi connectivity index (χ0v) is 13.1. The van der Waals surface area contributed by atoms with Gasteiger partial charge in [-0.15, -0.1) is 0 Å². The molecule has 2 aromatic heterocycles. The van der Waals surface area contributed by atoms with Crippen molar-refractivity contribution in [2.45, 2.75) is 45.4 Å². The third kappa shape index (κ3) is 3.10. The molecule has 4 heterocycles. The number of likely N-dealkylation sites (tertiary alicyclic amines) is 1. The minimum absolute atomic E-state index is 0.876. The fourth-order valence-corrected chi connectivity index (χ4v) is 3.54. The molecule has 1 saturated heterocycles. The quantitative estimate of drug-likeness (QED) is 0.869. The van der Waals surface area contributed by atoms with Crippen LogP contribution in [0.15, 0.2) is 29.0 Å². The summed E-state index contributed by atoms with van der Waals surface area (Å²) in [5, 5.41) is 0. The number of imidazole rings is 1. The van der Waals surface area contributed by atoms with Crippen LogP contribution in [-0.2, 0) is 26.2 Å². The van der Waals surface area contributed by atoms with E-state index in [1.165, 1.54) is 43.9 Å². The van der Waals surface area contributed by atoms with E-state index in [0.29, 0.717) is 0 Å². The summed E-state index contributed by atoms with van der Waals surface area (Å²) in [7, 11) is 0. The lowest BCUT2D eigenvalue weighted by atomic mass is 10.1. The molecule has 0 spiro atoms. The maximum absolute atomic E-state index is 5.45. The molecule has 0 aromatic carbocycles. The molecule has 0 amide bonds. The molecule has 0 radical (unpaired) electrons. The molecule has 2 aliphatic rings. The normalized spacial score (nSPS) is 20.2. The van der Waals surface area contributed by atoms with Crippen LogP contribution in [0, 0.1) is 0 Å². The molecule has 0 aliphatic carbocycles. The SMILES string of the molecule is c1coc(CN2CCn3cc(CN4CCCCC4)nc3C2)c1. The van der Waals surface area contributed by atoms with Crippen LogP contribution < -0.4 is 0 Å². The Hall–Kier alpha value is -1.59. The van der Waals surface area contributed by atoms with Crippen molar-refractivity contribution in [2.24, 2.45) is 0 Å². The molecule has 0 saturated carbocycles. The molecule has 4 rings (SSSR count).